The van der Waals surface area contributed by atoms with Gasteiger partial charge in [-0.2, -0.15) is 0 Å². The zero-order valence-corrected chi connectivity index (χ0v) is 14.7. The monoisotopic (exact) mass is 254 g/mol. The second-order valence-corrected chi connectivity index (χ2v) is 7.16. The van der Waals surface area contributed by atoms with Crippen LogP contribution in [0.3, 0.4) is 0 Å². The van der Waals surface area contributed by atoms with Crippen LogP contribution < -0.4 is 0 Å². The van der Waals surface area contributed by atoms with Crippen LogP contribution in [0.2, 0.25) is 0 Å². The molecule has 0 saturated heterocycles. The highest BCUT2D eigenvalue weighted by Gasteiger charge is 2.40. The van der Waals surface area contributed by atoms with Crippen LogP contribution in [0.4, 0.5) is 0 Å². The summed E-state index contributed by atoms with van der Waals surface area (Å²) in [5.41, 5.74) is 2.12. The van der Waals surface area contributed by atoms with Crippen LogP contribution in [0.25, 0.3) is 0 Å². The van der Waals surface area contributed by atoms with Crippen molar-refractivity contribution in [3.05, 3.63) is 11.3 Å². The van der Waals surface area contributed by atoms with Gasteiger partial charge in [0.05, 0.1) is 5.76 Å². The number of hydrogen-bond acceptors (Lipinski definition) is 1. The molecular formula is C15H30OSi. The lowest BCUT2D eigenvalue weighted by molar-refractivity contribution is 0.131. The molecule has 1 aliphatic rings. The van der Waals surface area contributed by atoms with E-state index in [4.69, 9.17) is 4.43 Å². The molecule has 1 atom stereocenters. The summed E-state index contributed by atoms with van der Waals surface area (Å²) in [6, 6.07) is 0. The lowest BCUT2D eigenvalue weighted by atomic mass is 9.61. The van der Waals surface area contributed by atoms with Gasteiger partial charge in [-0.25, -0.2) is 0 Å². The molecule has 100 valence electrons. The van der Waals surface area contributed by atoms with Crippen LogP contribution in [-0.2, 0) is 4.43 Å². The summed E-state index contributed by atoms with van der Waals surface area (Å²) in [6.07, 6.45) is 7.86. The van der Waals surface area contributed by atoms with Gasteiger partial charge in [-0.3, -0.25) is 0 Å². The maximum absolute atomic E-state index is 5.80. The molecule has 0 radical (unpaired) electrons. The predicted molar refractivity (Wildman–Crippen MR) is 79.0 cm³/mol. The van der Waals surface area contributed by atoms with Gasteiger partial charge in [0.1, 0.15) is 0 Å². The molecule has 0 aromatic heterocycles. The van der Waals surface area contributed by atoms with Crippen molar-refractivity contribution >= 4 is 10.5 Å². The Morgan fingerprint density at radius 2 is 1.71 bits per heavy atom. The van der Waals surface area contributed by atoms with Gasteiger partial charge in [-0.1, -0.05) is 47.0 Å². The van der Waals surface area contributed by atoms with Crippen molar-refractivity contribution in [2.75, 3.05) is 0 Å². The van der Waals surface area contributed by atoms with E-state index in [-0.39, 0.29) is 5.41 Å². The fraction of sp³-hybridized carbons (Fsp3) is 0.867. The molecule has 1 nitrogen and oxygen atoms in total. The molecule has 1 aliphatic carbocycles. The summed E-state index contributed by atoms with van der Waals surface area (Å²) < 4.78 is 5.80. The van der Waals surface area contributed by atoms with Crippen LogP contribution >= 0.6 is 0 Å². The molecule has 0 heterocycles. The van der Waals surface area contributed by atoms with E-state index in [0.29, 0.717) is 5.41 Å². The van der Waals surface area contributed by atoms with E-state index in [1.54, 1.807) is 0 Å². The van der Waals surface area contributed by atoms with Crippen molar-refractivity contribution in [3.63, 3.8) is 0 Å². The Bertz CT molecular complexity index is 288. The molecule has 17 heavy (non-hydrogen) atoms. The fourth-order valence-corrected chi connectivity index (χ4v) is 3.50. The number of allylic oxidation sites excluding steroid dienone is 2. The van der Waals surface area contributed by atoms with Crippen molar-refractivity contribution in [2.45, 2.75) is 73.1 Å². The van der Waals surface area contributed by atoms with E-state index in [2.05, 4.69) is 34.6 Å². The Kier molecular flexibility index (Phi) is 4.88. The summed E-state index contributed by atoms with van der Waals surface area (Å²) in [6.45, 7) is 11.9. The zero-order chi connectivity index (χ0) is 13.1. The minimum atomic E-state index is 0.289. The van der Waals surface area contributed by atoms with Crippen molar-refractivity contribution < 1.29 is 4.43 Å². The summed E-state index contributed by atoms with van der Waals surface area (Å²) >= 11 is 0. The molecule has 0 amide bonds. The average Bonchev–Trinajstić information content (AvgIpc) is 2.31. The van der Waals surface area contributed by atoms with Gasteiger partial charge in [-0.05, 0) is 36.2 Å². The first-order valence-electron chi connectivity index (χ1n) is 7.07. The number of rotatable bonds is 1. The van der Waals surface area contributed by atoms with Gasteiger partial charge < -0.3 is 4.43 Å². The Hall–Kier alpha value is -0.243. The van der Waals surface area contributed by atoms with Crippen LogP contribution in [0.15, 0.2) is 11.3 Å². The quantitative estimate of drug-likeness (QED) is 0.644. The average molecular weight is 254 g/mol. The van der Waals surface area contributed by atoms with E-state index in [9.17, 15) is 0 Å². The lowest BCUT2D eigenvalue weighted by Crippen LogP contribution is -2.34. The minimum Gasteiger partial charge on any atom is -0.556 e. The minimum absolute atomic E-state index is 0.289. The van der Waals surface area contributed by atoms with Crippen molar-refractivity contribution in [1.82, 2.24) is 0 Å². The second kappa shape index (κ2) is 5.60. The van der Waals surface area contributed by atoms with Crippen LogP contribution in [-0.4, -0.2) is 10.5 Å². The maximum Gasteiger partial charge on any atom is 0.203 e. The molecule has 0 aromatic carbocycles. The van der Waals surface area contributed by atoms with E-state index >= 15 is 0 Å². The van der Waals surface area contributed by atoms with Gasteiger partial charge in [0.25, 0.3) is 0 Å². The summed E-state index contributed by atoms with van der Waals surface area (Å²) in [7, 11) is 0.822. The van der Waals surface area contributed by atoms with Crippen molar-refractivity contribution in [1.29, 1.82) is 0 Å². The summed E-state index contributed by atoms with van der Waals surface area (Å²) in [5.74, 6) is 1.30. The van der Waals surface area contributed by atoms with Crippen LogP contribution in [0.5, 0.6) is 0 Å². The molecule has 0 spiro atoms. The first kappa shape index (κ1) is 14.8. The first-order valence-corrected chi connectivity index (χ1v) is 7.89. The topological polar surface area (TPSA) is 9.23 Å². The van der Waals surface area contributed by atoms with E-state index < -0.39 is 0 Å². The zero-order valence-electron chi connectivity index (χ0n) is 12.7. The van der Waals surface area contributed by atoms with Gasteiger partial charge in [0.15, 0.2) is 0 Å². The number of hydrogen-bond donors (Lipinski definition) is 0. The van der Waals surface area contributed by atoms with E-state index in [1.165, 1.54) is 43.4 Å². The lowest BCUT2D eigenvalue weighted by Gasteiger charge is -2.44. The third-order valence-electron chi connectivity index (χ3n) is 4.98. The fourth-order valence-electron chi connectivity index (χ4n) is 2.99. The van der Waals surface area contributed by atoms with E-state index in [0.717, 1.165) is 16.9 Å². The molecule has 0 saturated carbocycles. The van der Waals surface area contributed by atoms with E-state index in [1.807, 2.05) is 0 Å². The molecule has 0 fully saturated rings. The third-order valence-corrected chi connectivity index (χ3v) is 5.47. The summed E-state index contributed by atoms with van der Waals surface area (Å²) in [4.78, 5) is 0. The Morgan fingerprint density at radius 1 is 1.12 bits per heavy atom. The molecular weight excluding hydrogens is 224 g/mol. The third kappa shape index (κ3) is 3.15. The highest BCUT2D eigenvalue weighted by Crippen LogP contribution is 2.50. The molecule has 1 rings (SSSR count). The Morgan fingerprint density at radius 3 is 2.24 bits per heavy atom. The van der Waals surface area contributed by atoms with Gasteiger partial charge in [-0.15, -0.1) is 0 Å². The van der Waals surface area contributed by atoms with Crippen LogP contribution in [0.1, 0.15) is 73.1 Å². The molecule has 1 unspecified atom stereocenters. The molecule has 0 bridgehead atoms. The molecule has 2 heteroatoms. The molecule has 0 aromatic rings. The van der Waals surface area contributed by atoms with Gasteiger partial charge in [0, 0.05) is 6.42 Å². The predicted octanol–water partition coefficient (Wildman–Crippen LogP) is 3.96. The highest BCUT2D eigenvalue weighted by molar-refractivity contribution is 5.98. The van der Waals surface area contributed by atoms with Gasteiger partial charge in [0.2, 0.25) is 10.5 Å². The smallest absolute Gasteiger partial charge is 0.203 e. The van der Waals surface area contributed by atoms with Crippen molar-refractivity contribution in [2.24, 2.45) is 10.8 Å². The van der Waals surface area contributed by atoms with Gasteiger partial charge >= 0.3 is 0 Å². The first-order chi connectivity index (χ1) is 7.83. The second-order valence-electron chi connectivity index (χ2n) is 6.75. The molecule has 0 aliphatic heterocycles. The highest BCUT2D eigenvalue weighted by atomic mass is 28.2. The van der Waals surface area contributed by atoms with Crippen LogP contribution in [0, 0.1) is 10.8 Å². The largest absolute Gasteiger partial charge is 0.556 e. The standard InChI is InChI=1S/C15H30OSi/c1-12-13(16-17)10-8-6-7-9-11-15(12,5)14(2,3)4/h6-11H2,1-5,17H3. The Balaban J connectivity index is 3.15. The Labute approximate surface area is 111 Å². The normalized spacial score (nSPS) is 28.5. The SMILES string of the molecule is CC1=C(O[SiH3])CCCCCCC1(C)C(C)(C)C. The maximum atomic E-state index is 5.80. The van der Waals surface area contributed by atoms with Crippen molar-refractivity contribution in [3.8, 4) is 0 Å². The summed E-state index contributed by atoms with van der Waals surface area (Å²) in [5, 5.41) is 0. The molecule has 0 N–H and O–H groups in total.